The van der Waals surface area contributed by atoms with Crippen molar-refractivity contribution in [2.24, 2.45) is 0 Å². The minimum absolute atomic E-state index is 0.265. The third kappa shape index (κ3) is 5.05. The van der Waals surface area contributed by atoms with Gasteiger partial charge in [0.2, 0.25) is 0 Å². The van der Waals surface area contributed by atoms with Crippen LogP contribution in [0.1, 0.15) is 37.7 Å². The summed E-state index contributed by atoms with van der Waals surface area (Å²) in [5.74, 6) is 0.796. The molecule has 0 unspecified atom stereocenters. The minimum atomic E-state index is -0.266. The van der Waals surface area contributed by atoms with E-state index in [9.17, 15) is 4.79 Å². The van der Waals surface area contributed by atoms with Gasteiger partial charge in [-0.3, -0.25) is 4.79 Å². The second-order valence-corrected chi connectivity index (χ2v) is 8.74. The lowest BCUT2D eigenvalue weighted by Gasteiger charge is -2.10. The molecule has 0 saturated heterocycles. The fourth-order valence-corrected chi connectivity index (χ4v) is 3.55. The van der Waals surface area contributed by atoms with Crippen LogP contribution in [0.15, 0.2) is 32.6 Å². The number of hydrogen-bond acceptors (Lipinski definition) is 7. The number of amides is 1. The summed E-state index contributed by atoms with van der Waals surface area (Å²) in [4.78, 5) is 21.4. The first-order valence-corrected chi connectivity index (χ1v) is 10.8. The predicted molar refractivity (Wildman–Crippen MR) is 114 cm³/mol. The fraction of sp³-hybridized carbons (Fsp3) is 0.444. The number of furan rings is 1. The Hall–Kier alpha value is -2.07. The molecular formula is C18H23BrN6O2S. The second-order valence-electron chi connectivity index (χ2n) is 6.41. The van der Waals surface area contributed by atoms with Crippen molar-refractivity contribution in [1.82, 2.24) is 25.1 Å². The maximum atomic E-state index is 12.1. The average molecular weight is 467 g/mol. The number of anilines is 1. The summed E-state index contributed by atoms with van der Waals surface area (Å²) >= 11 is 4.80. The minimum Gasteiger partial charge on any atom is -0.444 e. The topological polar surface area (TPSA) is 97.9 Å². The zero-order valence-corrected chi connectivity index (χ0v) is 18.4. The number of halogens is 1. The van der Waals surface area contributed by atoms with Gasteiger partial charge in [-0.25, -0.2) is 14.6 Å². The number of hydrogen-bond donors (Lipinski definition) is 2. The van der Waals surface area contributed by atoms with Crippen LogP contribution >= 0.6 is 27.7 Å². The summed E-state index contributed by atoms with van der Waals surface area (Å²) in [6.45, 7) is 8.06. The Balaban J connectivity index is 1.75. The monoisotopic (exact) mass is 466 g/mol. The maximum Gasteiger partial charge on any atom is 0.287 e. The molecule has 3 rings (SSSR count). The molecule has 1 amide bonds. The molecule has 3 aromatic heterocycles. The number of aromatic nitrogens is 4. The van der Waals surface area contributed by atoms with Crippen LogP contribution in [0.25, 0.3) is 11.0 Å². The van der Waals surface area contributed by atoms with Crippen molar-refractivity contribution in [3.05, 3.63) is 28.8 Å². The molecule has 0 aliphatic heterocycles. The van der Waals surface area contributed by atoms with Crippen LogP contribution in [-0.4, -0.2) is 44.0 Å². The number of carbonyl (C=O) groups is 1. The lowest BCUT2D eigenvalue weighted by atomic mass is 10.3. The zero-order chi connectivity index (χ0) is 20.1. The molecule has 0 aliphatic rings. The smallest absolute Gasteiger partial charge is 0.287 e. The van der Waals surface area contributed by atoms with Gasteiger partial charge in [0.25, 0.3) is 5.91 Å². The standard InChI is InChI=1S/C18H23BrN6O2S/c1-4-7-20-15-12-10-22-25(16(12)24-18(23-15)28-11(2)3)9-8-21-17(26)13-5-6-14(19)27-13/h5-6,10-11H,4,7-9H2,1-3H3,(H,21,26)(H,20,23,24). The summed E-state index contributed by atoms with van der Waals surface area (Å²) in [6.07, 6.45) is 2.77. The molecule has 0 radical (unpaired) electrons. The van der Waals surface area contributed by atoms with E-state index in [1.807, 2.05) is 0 Å². The Morgan fingerprint density at radius 3 is 2.82 bits per heavy atom. The van der Waals surface area contributed by atoms with Crippen LogP contribution in [0.2, 0.25) is 0 Å². The highest BCUT2D eigenvalue weighted by atomic mass is 79.9. The Labute approximate surface area is 176 Å². The summed E-state index contributed by atoms with van der Waals surface area (Å²) in [5, 5.41) is 12.6. The molecule has 0 saturated carbocycles. The number of nitrogens with one attached hydrogen (secondary N) is 2. The van der Waals surface area contributed by atoms with Crippen molar-refractivity contribution in [3.8, 4) is 0 Å². The Kier molecular flexibility index (Phi) is 6.95. The van der Waals surface area contributed by atoms with E-state index in [0.717, 1.165) is 29.8 Å². The molecule has 3 aromatic rings. The molecule has 0 aliphatic carbocycles. The molecular weight excluding hydrogens is 444 g/mol. The fourth-order valence-electron chi connectivity index (χ4n) is 2.54. The van der Waals surface area contributed by atoms with E-state index in [4.69, 9.17) is 4.42 Å². The van der Waals surface area contributed by atoms with E-state index in [1.165, 1.54) is 0 Å². The van der Waals surface area contributed by atoms with Gasteiger partial charge in [-0.15, -0.1) is 0 Å². The van der Waals surface area contributed by atoms with Gasteiger partial charge in [-0.1, -0.05) is 32.5 Å². The Bertz CT molecular complexity index is 955. The maximum absolute atomic E-state index is 12.1. The van der Waals surface area contributed by atoms with Gasteiger partial charge in [-0.2, -0.15) is 5.10 Å². The van der Waals surface area contributed by atoms with Gasteiger partial charge >= 0.3 is 0 Å². The first-order chi connectivity index (χ1) is 13.5. The lowest BCUT2D eigenvalue weighted by molar-refractivity contribution is 0.0923. The molecule has 0 atom stereocenters. The molecule has 0 spiro atoms. The molecule has 0 bridgehead atoms. The van der Waals surface area contributed by atoms with Gasteiger partial charge in [-0.05, 0) is 34.5 Å². The van der Waals surface area contributed by atoms with Crippen LogP contribution in [0.4, 0.5) is 5.82 Å². The van der Waals surface area contributed by atoms with Gasteiger partial charge < -0.3 is 15.1 Å². The highest BCUT2D eigenvalue weighted by Gasteiger charge is 2.15. The third-order valence-electron chi connectivity index (χ3n) is 3.77. The van der Waals surface area contributed by atoms with Gasteiger partial charge in [0.1, 0.15) is 5.82 Å². The van der Waals surface area contributed by atoms with Crippen molar-refractivity contribution >= 4 is 50.5 Å². The van der Waals surface area contributed by atoms with Gasteiger partial charge in [0, 0.05) is 18.3 Å². The van der Waals surface area contributed by atoms with E-state index in [0.29, 0.717) is 28.2 Å². The number of thioether (sulfide) groups is 1. The first kappa shape index (κ1) is 20.7. The van der Waals surface area contributed by atoms with Crippen molar-refractivity contribution in [2.45, 2.75) is 44.1 Å². The number of nitrogens with zero attached hydrogens (tertiary/aromatic N) is 4. The van der Waals surface area contributed by atoms with Crippen LogP contribution in [0.5, 0.6) is 0 Å². The molecule has 0 fully saturated rings. The van der Waals surface area contributed by atoms with E-state index in [1.54, 1.807) is 34.8 Å². The molecule has 3 heterocycles. The largest absolute Gasteiger partial charge is 0.444 e. The summed E-state index contributed by atoms with van der Waals surface area (Å²) < 4.78 is 7.57. The summed E-state index contributed by atoms with van der Waals surface area (Å²) in [7, 11) is 0. The van der Waals surface area contributed by atoms with E-state index < -0.39 is 0 Å². The number of carbonyl (C=O) groups excluding carboxylic acids is 1. The average Bonchev–Trinajstić information content (AvgIpc) is 3.26. The summed E-state index contributed by atoms with van der Waals surface area (Å²) in [5.41, 5.74) is 0.756. The summed E-state index contributed by atoms with van der Waals surface area (Å²) in [6, 6.07) is 3.31. The highest BCUT2D eigenvalue weighted by Crippen LogP contribution is 2.26. The molecule has 2 N–H and O–H groups in total. The van der Waals surface area contributed by atoms with Crippen molar-refractivity contribution in [2.75, 3.05) is 18.4 Å². The van der Waals surface area contributed by atoms with Gasteiger partial charge in [0.05, 0.1) is 18.1 Å². The SMILES string of the molecule is CCCNc1nc(SC(C)C)nc2c1cnn2CCNC(=O)c1ccc(Br)o1. The van der Waals surface area contributed by atoms with E-state index in [2.05, 4.69) is 62.4 Å². The van der Waals surface area contributed by atoms with Crippen LogP contribution < -0.4 is 10.6 Å². The molecule has 28 heavy (non-hydrogen) atoms. The van der Waals surface area contributed by atoms with Crippen LogP contribution in [-0.2, 0) is 6.54 Å². The highest BCUT2D eigenvalue weighted by molar-refractivity contribution is 9.10. The van der Waals surface area contributed by atoms with Crippen molar-refractivity contribution in [3.63, 3.8) is 0 Å². The van der Waals surface area contributed by atoms with Gasteiger partial charge in [0.15, 0.2) is 21.2 Å². The third-order valence-corrected chi connectivity index (χ3v) is 5.06. The quantitative estimate of drug-likeness (QED) is 0.364. The first-order valence-electron chi connectivity index (χ1n) is 9.15. The van der Waals surface area contributed by atoms with Crippen molar-refractivity contribution < 1.29 is 9.21 Å². The number of fused-ring (bicyclic) bond motifs is 1. The van der Waals surface area contributed by atoms with E-state index >= 15 is 0 Å². The molecule has 8 nitrogen and oxygen atoms in total. The van der Waals surface area contributed by atoms with Crippen molar-refractivity contribution in [1.29, 1.82) is 0 Å². The normalized spacial score (nSPS) is 11.3. The molecule has 150 valence electrons. The van der Waals surface area contributed by atoms with E-state index in [-0.39, 0.29) is 11.7 Å². The molecule has 10 heteroatoms. The van der Waals surface area contributed by atoms with Crippen LogP contribution in [0.3, 0.4) is 0 Å². The zero-order valence-electron chi connectivity index (χ0n) is 16.0. The number of rotatable bonds is 9. The second kappa shape index (κ2) is 9.42. The lowest BCUT2D eigenvalue weighted by Crippen LogP contribution is -2.27. The van der Waals surface area contributed by atoms with Crippen LogP contribution in [0, 0.1) is 0 Å². The molecule has 0 aromatic carbocycles. The predicted octanol–water partition coefficient (Wildman–Crippen LogP) is 3.93. The Morgan fingerprint density at radius 2 is 2.14 bits per heavy atom. The Morgan fingerprint density at radius 1 is 1.32 bits per heavy atom.